The van der Waals surface area contributed by atoms with Crippen molar-refractivity contribution in [2.24, 2.45) is 0 Å². The number of carboxylic acids is 2. The van der Waals surface area contributed by atoms with Crippen LogP contribution in [0.25, 0.3) is 0 Å². The number of furan rings is 1. The molecule has 1 saturated heterocycles. The van der Waals surface area contributed by atoms with Crippen molar-refractivity contribution in [3.8, 4) is 0 Å². The molecule has 0 aliphatic carbocycles. The highest BCUT2D eigenvalue weighted by Crippen LogP contribution is 2.27. The lowest BCUT2D eigenvalue weighted by Gasteiger charge is -2.26. The van der Waals surface area contributed by atoms with Crippen molar-refractivity contribution in [2.75, 3.05) is 19.6 Å². The van der Waals surface area contributed by atoms with Gasteiger partial charge in [-0.25, -0.2) is 9.59 Å². The smallest absolute Gasteiger partial charge is 0.414 e. The van der Waals surface area contributed by atoms with E-state index in [1.54, 1.807) is 6.26 Å². The van der Waals surface area contributed by atoms with E-state index in [4.69, 9.17) is 52.5 Å². The van der Waals surface area contributed by atoms with Gasteiger partial charge in [0.2, 0.25) is 0 Å². The van der Waals surface area contributed by atoms with E-state index in [0.29, 0.717) is 16.6 Å². The maximum Gasteiger partial charge on any atom is 0.414 e. The largest absolute Gasteiger partial charge is 0.473 e. The van der Waals surface area contributed by atoms with E-state index < -0.39 is 11.9 Å². The number of hydrogen-bond acceptors (Lipinski definition) is 6. The second-order valence-electron chi connectivity index (χ2n) is 8.52. The number of likely N-dealkylation sites (tertiary alicyclic amines) is 1. The summed E-state index contributed by atoms with van der Waals surface area (Å²) in [4.78, 5) is 20.7. The highest BCUT2D eigenvalue weighted by molar-refractivity contribution is 6.36. The molecule has 1 fully saturated rings. The van der Waals surface area contributed by atoms with Crippen LogP contribution in [-0.4, -0.2) is 56.5 Å². The summed E-state index contributed by atoms with van der Waals surface area (Å²) < 4.78 is 7.72. The van der Waals surface area contributed by atoms with Gasteiger partial charge in [0.1, 0.15) is 5.76 Å². The first-order valence-corrected chi connectivity index (χ1v) is 12.3. The number of aliphatic carboxylic acids is 2. The average Bonchev–Trinajstić information content (AvgIpc) is 3.59. The topological polar surface area (TPSA) is 121 Å². The van der Waals surface area contributed by atoms with Gasteiger partial charge in [-0.3, -0.25) is 9.58 Å². The van der Waals surface area contributed by atoms with Crippen LogP contribution in [0.3, 0.4) is 0 Å². The Kier molecular flexibility index (Phi) is 9.95. The molecular weight excluding hydrogens is 507 g/mol. The summed E-state index contributed by atoms with van der Waals surface area (Å²) in [5.41, 5.74) is 4.28. The number of carbonyl (C=O) groups is 2. The molecule has 0 bridgehead atoms. The van der Waals surface area contributed by atoms with E-state index >= 15 is 0 Å². The third kappa shape index (κ3) is 7.10. The predicted molar refractivity (Wildman–Crippen MR) is 136 cm³/mol. The van der Waals surface area contributed by atoms with Gasteiger partial charge < -0.3 is 19.9 Å². The molecule has 2 aromatic heterocycles. The lowest BCUT2D eigenvalue weighted by Crippen LogP contribution is -2.33. The fraction of sp³-hybridized carbons (Fsp3) is 0.400. The minimum atomic E-state index is -1.82. The molecule has 36 heavy (non-hydrogen) atoms. The molecule has 0 spiro atoms. The van der Waals surface area contributed by atoms with E-state index in [2.05, 4.69) is 30.1 Å². The molecule has 4 rings (SSSR count). The summed E-state index contributed by atoms with van der Waals surface area (Å²) >= 11 is 12.7. The average molecular weight is 537 g/mol. The minimum Gasteiger partial charge on any atom is -0.473 e. The van der Waals surface area contributed by atoms with E-state index in [9.17, 15) is 0 Å². The Bertz CT molecular complexity index is 1140. The standard InChI is InChI=1S/C23H28Cl2N4O.C2H2O4/c1-16-18(17(2)29(27-16)15-19-20(24)7-5-8-21(19)25)13-26-14-22(23-9-6-12-30-23)28-10-3-4-11-28;3-1(4)2(5)6/h5-9,12,22,26H,3-4,10-11,13-15H2,1-2H3;(H,3,4)(H,5,6). The van der Waals surface area contributed by atoms with Gasteiger partial charge in [-0.2, -0.15) is 5.10 Å². The molecule has 1 aliphatic heterocycles. The van der Waals surface area contributed by atoms with Crippen LogP contribution in [0, 0.1) is 13.8 Å². The highest BCUT2D eigenvalue weighted by Gasteiger charge is 2.25. The van der Waals surface area contributed by atoms with Gasteiger partial charge in [-0.1, -0.05) is 29.3 Å². The van der Waals surface area contributed by atoms with Crippen molar-refractivity contribution in [1.29, 1.82) is 0 Å². The summed E-state index contributed by atoms with van der Waals surface area (Å²) in [6.45, 7) is 8.58. The third-order valence-corrected chi connectivity index (χ3v) is 6.88. The fourth-order valence-corrected chi connectivity index (χ4v) is 4.77. The van der Waals surface area contributed by atoms with Crippen LogP contribution in [0.2, 0.25) is 10.0 Å². The van der Waals surface area contributed by atoms with Gasteiger partial charge in [0.15, 0.2) is 0 Å². The predicted octanol–water partition coefficient (Wildman–Crippen LogP) is 4.53. The summed E-state index contributed by atoms with van der Waals surface area (Å²) in [5, 5.41) is 24.5. The Morgan fingerprint density at radius 1 is 1.06 bits per heavy atom. The summed E-state index contributed by atoms with van der Waals surface area (Å²) in [7, 11) is 0. The van der Waals surface area contributed by atoms with E-state index in [1.165, 1.54) is 18.4 Å². The van der Waals surface area contributed by atoms with Gasteiger partial charge in [0.05, 0.1) is 24.5 Å². The van der Waals surface area contributed by atoms with Gasteiger partial charge >= 0.3 is 11.9 Å². The molecule has 3 heterocycles. The monoisotopic (exact) mass is 536 g/mol. The molecule has 0 saturated carbocycles. The van der Waals surface area contributed by atoms with Gasteiger partial charge in [-0.05, 0) is 64.0 Å². The van der Waals surface area contributed by atoms with Gasteiger partial charge in [0.25, 0.3) is 0 Å². The Morgan fingerprint density at radius 3 is 2.25 bits per heavy atom. The van der Waals surface area contributed by atoms with Gasteiger partial charge in [-0.15, -0.1) is 0 Å². The Labute approximate surface area is 219 Å². The molecule has 1 atom stereocenters. The summed E-state index contributed by atoms with van der Waals surface area (Å²) in [6.07, 6.45) is 4.27. The van der Waals surface area contributed by atoms with E-state index in [1.807, 2.05) is 28.9 Å². The van der Waals surface area contributed by atoms with Crippen molar-refractivity contribution >= 4 is 35.1 Å². The van der Waals surface area contributed by atoms with Crippen LogP contribution < -0.4 is 5.32 Å². The van der Waals surface area contributed by atoms with Crippen LogP contribution >= 0.6 is 23.2 Å². The first kappa shape index (κ1) is 27.7. The number of benzene rings is 1. The first-order valence-electron chi connectivity index (χ1n) is 11.6. The zero-order chi connectivity index (χ0) is 26.2. The Morgan fingerprint density at radius 2 is 1.69 bits per heavy atom. The van der Waals surface area contributed by atoms with Gasteiger partial charge in [0, 0.05) is 40.0 Å². The third-order valence-electron chi connectivity index (χ3n) is 6.18. The number of carboxylic acid groups (broad SMARTS) is 2. The minimum absolute atomic E-state index is 0.264. The zero-order valence-corrected chi connectivity index (χ0v) is 21.7. The van der Waals surface area contributed by atoms with Crippen molar-refractivity contribution in [1.82, 2.24) is 20.0 Å². The molecule has 3 N–H and O–H groups in total. The molecule has 1 aromatic carbocycles. The Hall–Kier alpha value is -2.85. The second kappa shape index (κ2) is 12.9. The molecule has 0 amide bonds. The van der Waals surface area contributed by atoms with Crippen LogP contribution in [0.1, 0.15) is 47.2 Å². The number of hydrogen-bond donors (Lipinski definition) is 3. The summed E-state index contributed by atoms with van der Waals surface area (Å²) in [5.74, 6) is -2.62. The number of aryl methyl sites for hydroxylation is 1. The molecule has 0 radical (unpaired) electrons. The van der Waals surface area contributed by atoms with Crippen molar-refractivity contribution in [3.63, 3.8) is 0 Å². The van der Waals surface area contributed by atoms with Crippen molar-refractivity contribution in [3.05, 3.63) is 74.9 Å². The van der Waals surface area contributed by atoms with Crippen LogP contribution in [0.4, 0.5) is 0 Å². The Balaban J connectivity index is 0.000000538. The molecule has 11 heteroatoms. The second-order valence-corrected chi connectivity index (χ2v) is 9.34. The zero-order valence-electron chi connectivity index (χ0n) is 20.2. The number of rotatable bonds is 8. The fourth-order valence-electron chi connectivity index (χ4n) is 4.25. The maximum absolute atomic E-state index is 9.10. The quantitative estimate of drug-likeness (QED) is 0.359. The number of halogens is 2. The number of nitrogens with one attached hydrogen (secondary N) is 1. The van der Waals surface area contributed by atoms with Crippen LogP contribution in [0.15, 0.2) is 41.0 Å². The molecule has 1 unspecified atom stereocenters. The molecule has 9 nitrogen and oxygen atoms in total. The normalized spacial score (nSPS) is 14.3. The first-order chi connectivity index (χ1) is 17.2. The molecule has 1 aliphatic rings. The molecular formula is C25H30Cl2N4O5. The van der Waals surface area contributed by atoms with Crippen molar-refractivity contribution < 1.29 is 24.2 Å². The maximum atomic E-state index is 9.10. The number of nitrogens with zero attached hydrogens (tertiary/aromatic N) is 3. The molecule has 194 valence electrons. The lowest BCUT2D eigenvalue weighted by atomic mass is 10.1. The van der Waals surface area contributed by atoms with E-state index in [0.717, 1.165) is 48.9 Å². The van der Waals surface area contributed by atoms with Crippen molar-refractivity contribution in [2.45, 2.75) is 45.8 Å². The molecule has 3 aromatic rings. The van der Waals surface area contributed by atoms with Crippen LogP contribution in [0.5, 0.6) is 0 Å². The van der Waals surface area contributed by atoms with Crippen LogP contribution in [-0.2, 0) is 22.7 Å². The highest BCUT2D eigenvalue weighted by atomic mass is 35.5. The number of aromatic nitrogens is 2. The SMILES string of the molecule is Cc1nn(Cc2c(Cl)cccc2Cl)c(C)c1CNCC(c1ccco1)N1CCCC1.O=C(O)C(=O)O. The summed E-state index contributed by atoms with van der Waals surface area (Å²) in [6, 6.07) is 9.90. The lowest BCUT2D eigenvalue weighted by molar-refractivity contribution is -0.159. The van der Waals surface area contributed by atoms with E-state index in [-0.39, 0.29) is 6.04 Å².